The summed E-state index contributed by atoms with van der Waals surface area (Å²) in [6.07, 6.45) is 1.80. The van der Waals surface area contributed by atoms with Gasteiger partial charge in [-0.3, -0.25) is 0 Å². The predicted octanol–water partition coefficient (Wildman–Crippen LogP) is 4.25. The van der Waals surface area contributed by atoms with Crippen LogP contribution in [0.3, 0.4) is 0 Å². The molecule has 106 valence electrons. The highest BCUT2D eigenvalue weighted by molar-refractivity contribution is 5.83. The number of ether oxygens (including phenoxy) is 1. The Balaban J connectivity index is 1.72. The fraction of sp³-hybridized carbons (Fsp3) is 0.167. The van der Waals surface area contributed by atoms with Crippen molar-refractivity contribution in [2.45, 2.75) is 13.5 Å². The Kier molecular flexibility index (Phi) is 4.01. The van der Waals surface area contributed by atoms with Gasteiger partial charge in [-0.1, -0.05) is 30.3 Å². The highest BCUT2D eigenvalue weighted by Gasteiger charge is 2.00. The van der Waals surface area contributed by atoms with Gasteiger partial charge in [-0.2, -0.15) is 0 Å². The van der Waals surface area contributed by atoms with Crippen molar-refractivity contribution in [1.29, 1.82) is 0 Å². The lowest BCUT2D eigenvalue weighted by atomic mass is 10.1. The molecule has 0 radical (unpaired) electrons. The van der Waals surface area contributed by atoms with E-state index in [0.717, 1.165) is 23.7 Å². The summed E-state index contributed by atoms with van der Waals surface area (Å²) in [6, 6.07) is 18.4. The Morgan fingerprint density at radius 1 is 1.00 bits per heavy atom. The van der Waals surface area contributed by atoms with Crippen molar-refractivity contribution in [2.24, 2.45) is 0 Å². The maximum atomic E-state index is 5.88. The number of hydrogen-bond donors (Lipinski definition) is 1. The van der Waals surface area contributed by atoms with Gasteiger partial charge in [-0.15, -0.1) is 0 Å². The first kappa shape index (κ1) is 13.4. The molecule has 3 nitrogen and oxygen atoms in total. The van der Waals surface area contributed by atoms with Crippen molar-refractivity contribution in [2.75, 3.05) is 11.9 Å². The van der Waals surface area contributed by atoms with E-state index in [9.17, 15) is 0 Å². The van der Waals surface area contributed by atoms with Crippen LogP contribution in [-0.2, 0) is 6.61 Å². The normalized spacial score (nSPS) is 10.5. The van der Waals surface area contributed by atoms with Gasteiger partial charge in [0.2, 0.25) is 0 Å². The summed E-state index contributed by atoms with van der Waals surface area (Å²) in [6.45, 7) is 3.46. The van der Waals surface area contributed by atoms with Gasteiger partial charge in [0.15, 0.2) is 0 Å². The van der Waals surface area contributed by atoms with Crippen molar-refractivity contribution in [3.63, 3.8) is 0 Å². The number of benzene rings is 2. The topological polar surface area (TPSA) is 34.1 Å². The van der Waals surface area contributed by atoms with E-state index in [4.69, 9.17) is 4.74 Å². The van der Waals surface area contributed by atoms with Crippen molar-refractivity contribution in [3.8, 4) is 5.75 Å². The molecule has 0 spiro atoms. The molecule has 0 aliphatic heterocycles. The summed E-state index contributed by atoms with van der Waals surface area (Å²) in [5.74, 6) is 1.77. The quantitative estimate of drug-likeness (QED) is 0.757. The zero-order valence-corrected chi connectivity index (χ0v) is 12.0. The fourth-order valence-corrected chi connectivity index (χ4v) is 2.27. The highest BCUT2D eigenvalue weighted by Crippen LogP contribution is 2.21. The van der Waals surface area contributed by atoms with E-state index in [0.29, 0.717) is 6.61 Å². The maximum absolute atomic E-state index is 5.88. The standard InChI is InChI=1S/C18H18N2O/c1-2-19-18-11-14(9-10-20-18)13-21-17-8-7-15-5-3-4-6-16(15)12-17/h3-12H,2,13H2,1H3,(H,19,20). The number of nitrogens with zero attached hydrogens (tertiary/aromatic N) is 1. The third-order valence-electron chi connectivity index (χ3n) is 3.31. The third kappa shape index (κ3) is 3.31. The van der Waals surface area contributed by atoms with Crippen molar-refractivity contribution >= 4 is 16.6 Å². The second kappa shape index (κ2) is 6.27. The fourth-order valence-electron chi connectivity index (χ4n) is 2.27. The van der Waals surface area contributed by atoms with Gasteiger partial charge in [0, 0.05) is 12.7 Å². The third-order valence-corrected chi connectivity index (χ3v) is 3.31. The van der Waals surface area contributed by atoms with Crippen LogP contribution in [0.2, 0.25) is 0 Å². The molecule has 0 bridgehead atoms. The smallest absolute Gasteiger partial charge is 0.126 e. The van der Waals surface area contributed by atoms with E-state index < -0.39 is 0 Å². The van der Waals surface area contributed by atoms with Crippen LogP contribution in [0.1, 0.15) is 12.5 Å². The van der Waals surface area contributed by atoms with E-state index in [-0.39, 0.29) is 0 Å². The van der Waals surface area contributed by atoms with Crippen LogP contribution in [-0.4, -0.2) is 11.5 Å². The molecular formula is C18H18N2O. The highest BCUT2D eigenvalue weighted by atomic mass is 16.5. The number of hydrogen-bond acceptors (Lipinski definition) is 3. The number of fused-ring (bicyclic) bond motifs is 1. The molecule has 1 N–H and O–H groups in total. The SMILES string of the molecule is CCNc1cc(COc2ccc3ccccc3c2)ccn1. The molecule has 3 aromatic rings. The maximum Gasteiger partial charge on any atom is 0.126 e. The van der Waals surface area contributed by atoms with Gasteiger partial charge in [0.25, 0.3) is 0 Å². The molecule has 21 heavy (non-hydrogen) atoms. The van der Waals surface area contributed by atoms with Crippen LogP contribution in [0.4, 0.5) is 5.82 Å². The number of rotatable bonds is 5. The zero-order valence-electron chi connectivity index (χ0n) is 12.0. The monoisotopic (exact) mass is 278 g/mol. The number of aromatic nitrogens is 1. The lowest BCUT2D eigenvalue weighted by Gasteiger charge is -2.09. The minimum atomic E-state index is 0.541. The van der Waals surface area contributed by atoms with E-state index in [1.807, 2.05) is 30.3 Å². The number of anilines is 1. The molecule has 2 aromatic carbocycles. The van der Waals surface area contributed by atoms with E-state index in [2.05, 4.69) is 41.5 Å². The molecule has 0 saturated carbocycles. The Hall–Kier alpha value is -2.55. The predicted molar refractivity (Wildman–Crippen MR) is 86.7 cm³/mol. The second-order valence-corrected chi connectivity index (χ2v) is 4.88. The summed E-state index contributed by atoms with van der Waals surface area (Å²) in [5, 5.41) is 5.62. The van der Waals surface area contributed by atoms with E-state index in [1.165, 1.54) is 10.8 Å². The van der Waals surface area contributed by atoms with Crippen molar-refractivity contribution < 1.29 is 4.74 Å². The minimum absolute atomic E-state index is 0.541. The van der Waals surface area contributed by atoms with E-state index >= 15 is 0 Å². The largest absolute Gasteiger partial charge is 0.489 e. The van der Waals surface area contributed by atoms with Crippen LogP contribution >= 0.6 is 0 Å². The van der Waals surface area contributed by atoms with Gasteiger partial charge >= 0.3 is 0 Å². The van der Waals surface area contributed by atoms with Gasteiger partial charge < -0.3 is 10.1 Å². The average Bonchev–Trinajstić information content (AvgIpc) is 2.53. The van der Waals surface area contributed by atoms with Crippen LogP contribution in [0, 0.1) is 0 Å². The molecule has 3 heteroatoms. The lowest BCUT2D eigenvalue weighted by Crippen LogP contribution is -2.01. The summed E-state index contributed by atoms with van der Waals surface area (Å²) in [7, 11) is 0. The molecule has 0 atom stereocenters. The Bertz CT molecular complexity index is 740. The van der Waals surface area contributed by atoms with Gasteiger partial charge in [0.05, 0.1) is 0 Å². The summed E-state index contributed by atoms with van der Waals surface area (Å²) >= 11 is 0. The molecule has 0 aliphatic rings. The molecule has 1 aromatic heterocycles. The first-order valence-corrected chi connectivity index (χ1v) is 7.15. The average molecular weight is 278 g/mol. The summed E-state index contributed by atoms with van der Waals surface area (Å²) in [4.78, 5) is 4.26. The zero-order chi connectivity index (χ0) is 14.5. The molecule has 0 aliphatic carbocycles. The molecule has 0 unspecified atom stereocenters. The van der Waals surface area contributed by atoms with Crippen molar-refractivity contribution in [1.82, 2.24) is 4.98 Å². The second-order valence-electron chi connectivity index (χ2n) is 4.88. The molecule has 0 fully saturated rings. The first-order valence-electron chi connectivity index (χ1n) is 7.15. The Labute approximate surface area is 124 Å². The van der Waals surface area contributed by atoms with E-state index in [1.54, 1.807) is 6.20 Å². The summed E-state index contributed by atoms with van der Waals surface area (Å²) < 4.78 is 5.88. The molecule has 0 saturated heterocycles. The molecule has 3 rings (SSSR count). The van der Waals surface area contributed by atoms with Crippen LogP contribution in [0.5, 0.6) is 5.75 Å². The van der Waals surface area contributed by atoms with Crippen molar-refractivity contribution in [3.05, 3.63) is 66.4 Å². The summed E-state index contributed by atoms with van der Waals surface area (Å²) in [5.41, 5.74) is 1.11. The Morgan fingerprint density at radius 3 is 2.71 bits per heavy atom. The molecule has 1 heterocycles. The lowest BCUT2D eigenvalue weighted by molar-refractivity contribution is 0.306. The van der Waals surface area contributed by atoms with Crippen LogP contribution in [0.25, 0.3) is 10.8 Å². The minimum Gasteiger partial charge on any atom is -0.489 e. The first-order chi connectivity index (χ1) is 10.3. The van der Waals surface area contributed by atoms with Crippen LogP contribution in [0.15, 0.2) is 60.8 Å². The van der Waals surface area contributed by atoms with Gasteiger partial charge in [0.1, 0.15) is 18.2 Å². The van der Waals surface area contributed by atoms with Gasteiger partial charge in [-0.25, -0.2) is 4.98 Å². The number of nitrogens with one attached hydrogen (secondary N) is 1. The molecule has 0 amide bonds. The molecular weight excluding hydrogens is 260 g/mol. The van der Waals surface area contributed by atoms with Gasteiger partial charge in [-0.05, 0) is 47.5 Å². The van der Waals surface area contributed by atoms with Crippen LogP contribution < -0.4 is 10.1 Å². The number of pyridine rings is 1. The Morgan fingerprint density at radius 2 is 1.86 bits per heavy atom.